The highest BCUT2D eigenvalue weighted by molar-refractivity contribution is 5.74. The molecular weight excluding hydrogens is 748 g/mol. The third-order valence-corrected chi connectivity index (χ3v) is 9.70. The Morgan fingerprint density at radius 2 is 1.17 bits per heavy atom. The molecule has 0 amide bonds. The van der Waals surface area contributed by atoms with Gasteiger partial charge in [-0.2, -0.15) is 0 Å². The van der Waals surface area contributed by atoms with Gasteiger partial charge in [-0.3, -0.25) is 0 Å². The zero-order valence-corrected chi connectivity index (χ0v) is 28.3. The summed E-state index contributed by atoms with van der Waals surface area (Å²) < 4.78 is 43.6. The number of hydrogen-bond donors (Lipinski definition) is 13. The molecular formula is C29H46O25-2. The summed E-state index contributed by atoms with van der Waals surface area (Å²) in [6.07, 6.45) is -38.4. The maximum atomic E-state index is 12.6. The fourth-order valence-electron chi connectivity index (χ4n) is 6.63. The van der Waals surface area contributed by atoms with Crippen LogP contribution in [-0.2, 0) is 47.5 Å². The van der Waals surface area contributed by atoms with Crippen molar-refractivity contribution >= 4 is 11.9 Å². The maximum Gasteiger partial charge on any atom is 0.212 e. The van der Waals surface area contributed by atoms with E-state index >= 15 is 0 Å². The summed E-state index contributed by atoms with van der Waals surface area (Å²) >= 11 is 0. The molecule has 0 aromatic carbocycles. The van der Waals surface area contributed by atoms with Gasteiger partial charge in [-0.15, -0.1) is 0 Å². The zero-order valence-electron chi connectivity index (χ0n) is 28.3. The molecule has 0 aromatic heterocycles. The molecule has 4 heterocycles. The van der Waals surface area contributed by atoms with E-state index in [-0.39, 0.29) is 0 Å². The topological polar surface area (TPSA) is 417 Å². The summed E-state index contributed by atoms with van der Waals surface area (Å²) in [6, 6.07) is 0. The zero-order chi connectivity index (χ0) is 40.4. The summed E-state index contributed by atoms with van der Waals surface area (Å²) in [5.74, 6) is -10.6. The Labute approximate surface area is 304 Å². The molecule has 4 fully saturated rings. The van der Waals surface area contributed by atoms with Crippen LogP contribution in [0.15, 0.2) is 0 Å². The van der Waals surface area contributed by atoms with E-state index in [4.69, 9.17) is 37.9 Å². The summed E-state index contributed by atoms with van der Waals surface area (Å²) in [5, 5.41) is 159. The van der Waals surface area contributed by atoms with Crippen LogP contribution in [0.5, 0.6) is 0 Å². The van der Waals surface area contributed by atoms with Crippen LogP contribution in [0.1, 0.15) is 12.8 Å². The Bertz CT molecular complexity index is 1240. The molecule has 4 aliphatic rings. The summed E-state index contributed by atoms with van der Waals surface area (Å²) in [5.41, 5.74) is 0. The molecule has 25 nitrogen and oxygen atoms in total. The van der Waals surface area contributed by atoms with Gasteiger partial charge in [0, 0.05) is 20.0 Å². The fourth-order valence-corrected chi connectivity index (χ4v) is 6.63. The lowest BCUT2D eigenvalue weighted by Gasteiger charge is -2.54. The van der Waals surface area contributed by atoms with Crippen molar-refractivity contribution in [3.8, 4) is 0 Å². The van der Waals surface area contributed by atoms with E-state index < -0.39 is 173 Å². The molecule has 54 heavy (non-hydrogen) atoms. The number of aliphatic hydroxyl groups is 13. The van der Waals surface area contributed by atoms with E-state index in [2.05, 4.69) is 0 Å². The van der Waals surface area contributed by atoms with Crippen molar-refractivity contribution in [2.75, 3.05) is 33.5 Å². The van der Waals surface area contributed by atoms with Crippen LogP contribution in [-0.4, -0.2) is 234 Å². The summed E-state index contributed by atoms with van der Waals surface area (Å²) in [7, 11) is 0.793. The Hall–Kier alpha value is -1.90. The van der Waals surface area contributed by atoms with E-state index in [9.17, 15) is 86.2 Å². The third-order valence-electron chi connectivity index (χ3n) is 9.70. The highest BCUT2D eigenvalue weighted by atomic mass is 16.8. The second kappa shape index (κ2) is 18.1. The maximum absolute atomic E-state index is 12.6. The SMILES string of the molecule is CO[C@]1(C(=O)[O-])C[C@@H](O[C@]2(C(=O)[O-])C[C@@H](O)[C@@H](O)[C@@H]([C@H](O)CO)O2)[C@@H](O[C@H]2O[C@H](CO)[C@@H](O[C@@H]3O[C@H](CO)[C@@H](O)[C@H](O)[C@H]3O)[C@H](O)[C@H]2O)[C@@H]([C@H](O)CO)O1. The van der Waals surface area contributed by atoms with Gasteiger partial charge in [0.2, 0.25) is 11.6 Å². The van der Waals surface area contributed by atoms with Crippen molar-refractivity contribution in [2.45, 2.75) is 135 Å². The number of hydrogen-bond acceptors (Lipinski definition) is 25. The predicted molar refractivity (Wildman–Crippen MR) is 156 cm³/mol. The van der Waals surface area contributed by atoms with Crippen molar-refractivity contribution < 1.29 is 124 Å². The minimum absolute atomic E-state index is 0.793. The van der Waals surface area contributed by atoms with E-state index in [0.717, 1.165) is 7.11 Å². The average molecular weight is 795 g/mol. The van der Waals surface area contributed by atoms with Gasteiger partial charge < -0.3 is 124 Å². The molecule has 13 N–H and O–H groups in total. The first-order chi connectivity index (χ1) is 25.3. The van der Waals surface area contributed by atoms with Crippen LogP contribution in [0.25, 0.3) is 0 Å². The molecule has 25 heteroatoms. The first-order valence-electron chi connectivity index (χ1n) is 16.5. The van der Waals surface area contributed by atoms with E-state index in [1.165, 1.54) is 0 Å². The van der Waals surface area contributed by atoms with E-state index in [1.54, 1.807) is 0 Å². The summed E-state index contributed by atoms with van der Waals surface area (Å²) in [6.45, 7) is -4.26. The van der Waals surface area contributed by atoms with Crippen molar-refractivity contribution in [3.05, 3.63) is 0 Å². The lowest BCUT2D eigenvalue weighted by Crippen LogP contribution is -2.71. The van der Waals surface area contributed by atoms with Crippen LogP contribution in [0.3, 0.4) is 0 Å². The highest BCUT2D eigenvalue weighted by Crippen LogP contribution is 2.41. The number of aliphatic hydroxyl groups excluding tert-OH is 13. The molecule has 0 spiro atoms. The van der Waals surface area contributed by atoms with Crippen molar-refractivity contribution in [1.29, 1.82) is 0 Å². The lowest BCUT2D eigenvalue weighted by molar-refractivity contribution is -0.427. The fraction of sp³-hybridized carbons (Fsp3) is 0.931. The number of carbonyl (C=O) groups excluding carboxylic acids is 2. The van der Waals surface area contributed by atoms with Gasteiger partial charge in [-0.25, -0.2) is 0 Å². The van der Waals surface area contributed by atoms with Gasteiger partial charge in [0.25, 0.3) is 0 Å². The van der Waals surface area contributed by atoms with E-state index in [0.29, 0.717) is 0 Å². The van der Waals surface area contributed by atoms with Crippen LogP contribution in [0, 0.1) is 0 Å². The largest absolute Gasteiger partial charge is 0.544 e. The molecule has 0 bridgehead atoms. The minimum Gasteiger partial charge on any atom is -0.544 e. The number of rotatable bonds is 15. The van der Waals surface area contributed by atoms with Gasteiger partial charge in [-0.1, -0.05) is 0 Å². The van der Waals surface area contributed by atoms with Crippen LogP contribution < -0.4 is 10.2 Å². The number of methoxy groups -OCH3 is 1. The van der Waals surface area contributed by atoms with Gasteiger partial charge in [-0.05, 0) is 0 Å². The molecule has 4 aliphatic heterocycles. The standard InChI is InChI=1S/C29H48O25/c1-47-28(26(43)44)3-11(52-29(27(45)46)2-8(34)14(37)20(53-29)9(35)4-30)23(21(54-28)10(36)5-31)51-25-19(42)17(40)22(13(7-33)49-25)50-24-18(41)16(39)15(38)12(6-32)48-24/h8-25,30-42H,2-7H2,1H3,(H,43,44)(H,45,46)/p-2/t8-,9-,10-,11-,12-,13-,14-,15-,16+,17-,18-,19-,20-,21-,22-,23-,24+,25-,28-,29-/m1/s1. The number of ether oxygens (including phenoxy) is 8. The predicted octanol–water partition coefficient (Wildman–Crippen LogP) is -12.1. The number of carboxylic acids is 2. The molecule has 0 radical (unpaired) electrons. The molecule has 314 valence electrons. The smallest absolute Gasteiger partial charge is 0.212 e. The number of carbonyl (C=O) groups is 2. The van der Waals surface area contributed by atoms with Gasteiger partial charge >= 0.3 is 0 Å². The van der Waals surface area contributed by atoms with Crippen molar-refractivity contribution in [1.82, 2.24) is 0 Å². The van der Waals surface area contributed by atoms with Crippen molar-refractivity contribution in [2.24, 2.45) is 0 Å². The molecule has 0 unspecified atom stereocenters. The van der Waals surface area contributed by atoms with Gasteiger partial charge in [0.05, 0.1) is 38.6 Å². The molecule has 4 rings (SSSR count). The minimum atomic E-state index is -3.23. The Kier molecular flexibility index (Phi) is 15.0. The lowest BCUT2D eigenvalue weighted by atomic mass is 9.89. The van der Waals surface area contributed by atoms with Crippen molar-refractivity contribution in [3.63, 3.8) is 0 Å². The molecule has 0 aliphatic carbocycles. The monoisotopic (exact) mass is 794 g/mol. The van der Waals surface area contributed by atoms with E-state index in [1.807, 2.05) is 0 Å². The second-order valence-corrected chi connectivity index (χ2v) is 13.2. The quantitative estimate of drug-likeness (QED) is 0.0732. The molecule has 20 atom stereocenters. The average Bonchev–Trinajstić information content (AvgIpc) is 3.15. The normalized spacial score (nSPS) is 47.1. The Morgan fingerprint density at radius 1 is 0.667 bits per heavy atom. The summed E-state index contributed by atoms with van der Waals surface area (Å²) in [4.78, 5) is 25.0. The Morgan fingerprint density at radius 3 is 1.69 bits per heavy atom. The first kappa shape index (κ1) is 44.8. The van der Waals surface area contributed by atoms with Gasteiger partial charge in [0.15, 0.2) is 12.6 Å². The third kappa shape index (κ3) is 8.66. The highest BCUT2D eigenvalue weighted by Gasteiger charge is 2.59. The molecule has 0 aromatic rings. The molecule has 0 saturated carbocycles. The van der Waals surface area contributed by atoms with Crippen LogP contribution in [0.4, 0.5) is 0 Å². The Balaban J connectivity index is 1.70. The van der Waals surface area contributed by atoms with Crippen LogP contribution >= 0.6 is 0 Å². The van der Waals surface area contributed by atoms with Crippen LogP contribution in [0.2, 0.25) is 0 Å². The molecule has 4 saturated heterocycles. The second-order valence-electron chi connectivity index (χ2n) is 13.2. The number of aliphatic carboxylic acids is 2. The number of carboxylic acid groups (broad SMARTS) is 2. The first-order valence-corrected chi connectivity index (χ1v) is 16.5. The van der Waals surface area contributed by atoms with Gasteiger partial charge in [0.1, 0.15) is 97.4 Å².